The van der Waals surface area contributed by atoms with Crippen molar-refractivity contribution >= 4 is 44.3 Å². The molecule has 0 radical (unpaired) electrons. The van der Waals surface area contributed by atoms with E-state index < -0.39 is 10.0 Å². The largest absolute Gasteiger partial charge is 0.495 e. The molecule has 1 amide bonds. The number of methoxy groups -OCH3 is 1. The number of sulfonamides is 1. The zero-order valence-corrected chi connectivity index (χ0v) is 21.2. The highest BCUT2D eigenvalue weighted by Gasteiger charge is 2.28. The Morgan fingerprint density at radius 2 is 1.91 bits per heavy atom. The number of aromatic nitrogens is 1. The van der Waals surface area contributed by atoms with Crippen molar-refractivity contribution in [3.63, 3.8) is 0 Å². The van der Waals surface area contributed by atoms with E-state index in [1.54, 1.807) is 41.7 Å². The number of amides is 1. The normalized spacial score (nSPS) is 15.4. The molecule has 0 spiro atoms. The number of benzene rings is 2. The summed E-state index contributed by atoms with van der Waals surface area (Å²) in [5, 5.41) is 4.37. The molecule has 4 rings (SSSR count). The number of carbonyl (C=O) groups is 1. The van der Waals surface area contributed by atoms with Crippen LogP contribution in [0.1, 0.15) is 25.3 Å². The molecule has 3 aromatic rings. The topological polar surface area (TPSA) is 88.6 Å². The van der Waals surface area contributed by atoms with Crippen molar-refractivity contribution < 1.29 is 17.9 Å². The second kappa shape index (κ2) is 10.3. The lowest BCUT2D eigenvalue weighted by Crippen LogP contribution is -2.37. The molecule has 1 saturated heterocycles. The van der Waals surface area contributed by atoms with E-state index in [9.17, 15) is 13.2 Å². The van der Waals surface area contributed by atoms with Crippen LogP contribution in [-0.4, -0.2) is 49.6 Å². The average molecular weight is 500 g/mol. The highest BCUT2D eigenvalue weighted by molar-refractivity contribution is 7.99. The number of fused-ring (bicyclic) bond motifs is 1. The Labute approximate surface area is 205 Å². The van der Waals surface area contributed by atoms with Crippen LogP contribution < -0.4 is 10.1 Å². The Morgan fingerprint density at radius 1 is 1.18 bits per heavy atom. The third-order valence-corrected chi connectivity index (χ3v) is 8.88. The van der Waals surface area contributed by atoms with Gasteiger partial charge in [-0.1, -0.05) is 30.8 Å². The summed E-state index contributed by atoms with van der Waals surface area (Å²) in [7, 11) is -1.96. The molecule has 2 heterocycles. The van der Waals surface area contributed by atoms with Gasteiger partial charge in [0, 0.05) is 18.5 Å². The zero-order chi connectivity index (χ0) is 24.3. The molecule has 1 aliphatic rings. The highest BCUT2D eigenvalue weighted by atomic mass is 32.2. The predicted molar refractivity (Wildman–Crippen MR) is 136 cm³/mol. The van der Waals surface area contributed by atoms with Gasteiger partial charge in [-0.15, -0.1) is 0 Å². The number of anilines is 1. The van der Waals surface area contributed by atoms with Gasteiger partial charge in [0.2, 0.25) is 15.9 Å². The lowest BCUT2D eigenvalue weighted by Gasteiger charge is -2.29. The first-order chi connectivity index (χ1) is 16.3. The minimum absolute atomic E-state index is 0.161. The van der Waals surface area contributed by atoms with Gasteiger partial charge >= 0.3 is 0 Å². The van der Waals surface area contributed by atoms with Gasteiger partial charge in [0.15, 0.2) is 0 Å². The summed E-state index contributed by atoms with van der Waals surface area (Å²) in [5.74, 6) is 1.19. The monoisotopic (exact) mass is 499 g/mol. The number of aryl methyl sites for hydroxylation is 1. The molecule has 0 unspecified atom stereocenters. The van der Waals surface area contributed by atoms with Crippen LogP contribution in [-0.2, 0) is 14.8 Å². The Hall–Kier alpha value is -2.62. The van der Waals surface area contributed by atoms with Crippen LogP contribution >= 0.6 is 11.8 Å². The molecule has 1 fully saturated rings. The Kier molecular flexibility index (Phi) is 7.45. The molecule has 0 atom stereocenters. The number of thioether (sulfide) groups is 1. The molecule has 34 heavy (non-hydrogen) atoms. The fraction of sp³-hybridized carbons (Fsp3) is 0.360. The number of para-hydroxylation sites is 2. The molecule has 2 aromatic carbocycles. The number of hydrogen-bond acceptors (Lipinski definition) is 6. The maximum Gasteiger partial charge on any atom is 0.243 e. The Bertz CT molecular complexity index is 1300. The first-order valence-corrected chi connectivity index (χ1v) is 13.7. The second-order valence-corrected chi connectivity index (χ2v) is 11.5. The maximum atomic E-state index is 13.1. The van der Waals surface area contributed by atoms with Crippen molar-refractivity contribution in [1.82, 2.24) is 9.29 Å². The molecule has 0 bridgehead atoms. The molecule has 0 aliphatic carbocycles. The van der Waals surface area contributed by atoms with E-state index in [1.165, 1.54) is 11.8 Å². The minimum atomic E-state index is -3.52. The van der Waals surface area contributed by atoms with Gasteiger partial charge in [0.25, 0.3) is 0 Å². The molecule has 7 nitrogen and oxygen atoms in total. The van der Waals surface area contributed by atoms with E-state index in [-0.39, 0.29) is 11.7 Å². The third kappa shape index (κ3) is 5.37. The predicted octanol–water partition coefficient (Wildman–Crippen LogP) is 4.70. The lowest BCUT2D eigenvalue weighted by atomic mass is 10.0. The number of carbonyl (C=O) groups excluding carboxylic acids is 1. The molecule has 1 aliphatic heterocycles. The van der Waals surface area contributed by atoms with Gasteiger partial charge < -0.3 is 10.1 Å². The van der Waals surface area contributed by atoms with Crippen molar-refractivity contribution in [1.29, 1.82) is 0 Å². The van der Waals surface area contributed by atoms with Crippen LogP contribution in [0.4, 0.5) is 5.69 Å². The molecular weight excluding hydrogens is 470 g/mol. The number of hydrogen-bond donors (Lipinski definition) is 1. The number of rotatable bonds is 7. The van der Waals surface area contributed by atoms with E-state index in [0.717, 1.165) is 23.8 Å². The number of piperidine rings is 1. The van der Waals surface area contributed by atoms with Crippen molar-refractivity contribution in [3.8, 4) is 5.75 Å². The van der Waals surface area contributed by atoms with Crippen LogP contribution in [0.25, 0.3) is 10.9 Å². The molecule has 9 heteroatoms. The van der Waals surface area contributed by atoms with Crippen molar-refractivity contribution in [2.24, 2.45) is 5.92 Å². The standard InChI is InChI=1S/C25H29N3O4S2/c1-17-10-12-28(13-11-17)34(30,31)19-8-9-21-20(15-19)18(2)14-25(27-21)33-16-24(29)26-22-6-4-5-7-23(22)32-3/h4-9,14-15,17H,10-13,16H2,1-3H3,(H,26,29). The van der Waals surface area contributed by atoms with E-state index in [4.69, 9.17) is 4.74 Å². The van der Waals surface area contributed by atoms with Crippen LogP contribution in [0.3, 0.4) is 0 Å². The van der Waals surface area contributed by atoms with Gasteiger partial charge in [-0.05, 0) is 67.6 Å². The minimum Gasteiger partial charge on any atom is -0.495 e. The van der Waals surface area contributed by atoms with Gasteiger partial charge in [-0.25, -0.2) is 13.4 Å². The van der Waals surface area contributed by atoms with Crippen LogP contribution in [0, 0.1) is 12.8 Å². The number of nitrogens with one attached hydrogen (secondary N) is 1. The van der Waals surface area contributed by atoms with Crippen LogP contribution in [0.2, 0.25) is 0 Å². The summed E-state index contributed by atoms with van der Waals surface area (Å²) in [6, 6.07) is 14.2. The summed E-state index contributed by atoms with van der Waals surface area (Å²) >= 11 is 1.33. The molecule has 0 saturated carbocycles. The molecule has 180 valence electrons. The lowest BCUT2D eigenvalue weighted by molar-refractivity contribution is -0.113. The van der Waals surface area contributed by atoms with Crippen molar-refractivity contribution in [2.45, 2.75) is 36.6 Å². The summed E-state index contributed by atoms with van der Waals surface area (Å²) in [5.41, 5.74) is 2.25. The van der Waals surface area contributed by atoms with Gasteiger partial charge in [-0.2, -0.15) is 4.31 Å². The number of ether oxygens (including phenoxy) is 1. The van der Waals surface area contributed by atoms with E-state index >= 15 is 0 Å². The van der Waals surface area contributed by atoms with Gasteiger partial charge in [0.05, 0.1) is 34.0 Å². The Morgan fingerprint density at radius 3 is 2.65 bits per heavy atom. The fourth-order valence-corrected chi connectivity index (χ4v) is 6.30. The van der Waals surface area contributed by atoms with Crippen molar-refractivity contribution in [3.05, 3.63) is 54.1 Å². The summed E-state index contributed by atoms with van der Waals surface area (Å²) in [6.07, 6.45) is 1.78. The first-order valence-electron chi connectivity index (χ1n) is 11.2. The molecular formula is C25H29N3O4S2. The molecule has 1 aromatic heterocycles. The summed E-state index contributed by atoms with van der Waals surface area (Å²) < 4.78 is 33.1. The van der Waals surface area contributed by atoms with Gasteiger partial charge in [-0.3, -0.25) is 4.79 Å². The SMILES string of the molecule is COc1ccccc1NC(=O)CSc1cc(C)c2cc(S(=O)(=O)N3CCC(C)CC3)ccc2n1. The smallest absolute Gasteiger partial charge is 0.243 e. The zero-order valence-electron chi connectivity index (χ0n) is 19.6. The first kappa shape index (κ1) is 24.5. The quantitative estimate of drug-likeness (QED) is 0.474. The maximum absolute atomic E-state index is 13.1. The molecule has 1 N–H and O–H groups in total. The summed E-state index contributed by atoms with van der Waals surface area (Å²) in [6.45, 7) is 5.21. The van der Waals surface area contributed by atoms with Gasteiger partial charge in [0.1, 0.15) is 5.75 Å². The van der Waals surface area contributed by atoms with E-state index in [0.29, 0.717) is 45.9 Å². The number of nitrogens with zero attached hydrogens (tertiary/aromatic N) is 2. The second-order valence-electron chi connectivity index (χ2n) is 8.58. The van der Waals surface area contributed by atoms with Crippen molar-refractivity contribution in [2.75, 3.05) is 31.3 Å². The van der Waals surface area contributed by atoms with Crippen LogP contribution in [0.5, 0.6) is 5.75 Å². The third-order valence-electron chi connectivity index (χ3n) is 6.08. The fourth-order valence-electron chi connectivity index (χ4n) is 4.02. The number of pyridine rings is 1. The average Bonchev–Trinajstić information content (AvgIpc) is 2.83. The van der Waals surface area contributed by atoms with Crippen LogP contribution in [0.15, 0.2) is 58.5 Å². The Balaban J connectivity index is 1.48. The highest BCUT2D eigenvalue weighted by Crippen LogP contribution is 2.29. The van der Waals surface area contributed by atoms with E-state index in [1.807, 2.05) is 25.1 Å². The summed E-state index contributed by atoms with van der Waals surface area (Å²) in [4.78, 5) is 17.4. The van der Waals surface area contributed by atoms with E-state index in [2.05, 4.69) is 17.2 Å².